The minimum Gasteiger partial charge on any atom is -0.461 e. The predicted octanol–water partition coefficient (Wildman–Crippen LogP) is 1.86. The molecule has 28 heavy (non-hydrogen) atoms. The molecule has 0 bridgehead atoms. The van der Waals surface area contributed by atoms with E-state index in [0.717, 1.165) is 19.0 Å². The average Bonchev–Trinajstić information content (AvgIpc) is 3.07. The number of rotatable bonds is 4. The zero-order chi connectivity index (χ0) is 19.5. The standard InChI is InChI=1S/C19H18FN5O3/c1-2-28-18(27)14-10-21-15-3-4-16(23-25(14)15)24-6-5-11-8-19(11,24)13-7-12(20)9-22-17(13)26/h3-4,7,9-11H,2,5-6,8H2,1H3,(H,22,26). The lowest BCUT2D eigenvalue weighted by Gasteiger charge is -2.29. The van der Waals surface area contributed by atoms with E-state index in [2.05, 4.69) is 15.1 Å². The fraction of sp³-hybridized carbons (Fsp3) is 0.368. The van der Waals surface area contributed by atoms with Gasteiger partial charge in [0.05, 0.1) is 18.3 Å². The Morgan fingerprint density at radius 3 is 3.11 bits per heavy atom. The molecule has 1 saturated heterocycles. The third-order valence-electron chi connectivity index (χ3n) is 5.70. The molecule has 0 amide bonds. The van der Waals surface area contributed by atoms with Crippen molar-refractivity contribution in [1.29, 1.82) is 0 Å². The second kappa shape index (κ2) is 5.88. The lowest BCUT2D eigenvalue weighted by Crippen LogP contribution is -2.38. The normalized spacial score (nSPS) is 23.1. The molecular weight excluding hydrogens is 365 g/mol. The smallest absolute Gasteiger partial charge is 0.358 e. The number of aromatic amines is 1. The van der Waals surface area contributed by atoms with Crippen LogP contribution in [0.15, 0.2) is 35.4 Å². The van der Waals surface area contributed by atoms with Gasteiger partial charge in [0.15, 0.2) is 11.3 Å². The van der Waals surface area contributed by atoms with E-state index in [1.807, 2.05) is 11.0 Å². The molecule has 3 aromatic rings. The largest absolute Gasteiger partial charge is 0.461 e. The van der Waals surface area contributed by atoms with E-state index in [-0.39, 0.29) is 23.8 Å². The van der Waals surface area contributed by atoms with Gasteiger partial charge in [-0.25, -0.2) is 18.7 Å². The van der Waals surface area contributed by atoms with Gasteiger partial charge in [-0.05, 0) is 43.9 Å². The zero-order valence-electron chi connectivity index (χ0n) is 15.2. The Labute approximate surface area is 159 Å². The summed E-state index contributed by atoms with van der Waals surface area (Å²) in [5.74, 6) is -0.0781. The summed E-state index contributed by atoms with van der Waals surface area (Å²) in [6.07, 6.45) is 4.17. The van der Waals surface area contributed by atoms with Gasteiger partial charge < -0.3 is 14.6 Å². The molecule has 0 aromatic carbocycles. The van der Waals surface area contributed by atoms with Crippen LogP contribution in [0.4, 0.5) is 10.2 Å². The van der Waals surface area contributed by atoms with Crippen LogP contribution in [0.5, 0.6) is 0 Å². The average molecular weight is 383 g/mol. The van der Waals surface area contributed by atoms with E-state index in [1.54, 1.807) is 13.0 Å². The van der Waals surface area contributed by atoms with E-state index in [0.29, 0.717) is 23.6 Å². The van der Waals surface area contributed by atoms with Crippen LogP contribution < -0.4 is 10.5 Å². The highest BCUT2D eigenvalue weighted by atomic mass is 19.1. The van der Waals surface area contributed by atoms with Crippen molar-refractivity contribution in [2.24, 2.45) is 5.92 Å². The van der Waals surface area contributed by atoms with Crippen LogP contribution in [0.25, 0.3) is 5.65 Å². The van der Waals surface area contributed by atoms with Crippen molar-refractivity contribution < 1.29 is 13.9 Å². The van der Waals surface area contributed by atoms with Gasteiger partial charge in [-0.1, -0.05) is 0 Å². The maximum Gasteiger partial charge on any atom is 0.358 e. The number of aromatic nitrogens is 4. The molecular formula is C19H18FN5O3. The second-order valence-corrected chi connectivity index (χ2v) is 7.15. The molecule has 0 radical (unpaired) electrons. The first kappa shape index (κ1) is 16.9. The fourth-order valence-electron chi connectivity index (χ4n) is 4.40. The van der Waals surface area contributed by atoms with Gasteiger partial charge in [0.2, 0.25) is 0 Å². The quantitative estimate of drug-likeness (QED) is 0.692. The van der Waals surface area contributed by atoms with Crippen molar-refractivity contribution in [2.75, 3.05) is 18.1 Å². The van der Waals surface area contributed by atoms with Crippen molar-refractivity contribution in [1.82, 2.24) is 19.6 Å². The lowest BCUT2D eigenvalue weighted by atomic mass is 10.0. The Hall–Kier alpha value is -3.23. The zero-order valence-corrected chi connectivity index (χ0v) is 15.2. The van der Waals surface area contributed by atoms with Gasteiger partial charge in [-0.3, -0.25) is 4.79 Å². The second-order valence-electron chi connectivity index (χ2n) is 7.15. The molecule has 2 aliphatic rings. The van der Waals surface area contributed by atoms with Crippen molar-refractivity contribution in [2.45, 2.75) is 25.3 Å². The van der Waals surface area contributed by atoms with E-state index in [4.69, 9.17) is 4.74 Å². The molecule has 8 nitrogen and oxygen atoms in total. The molecule has 3 aromatic heterocycles. The highest BCUT2D eigenvalue weighted by Gasteiger charge is 2.64. The Morgan fingerprint density at radius 2 is 2.32 bits per heavy atom. The number of piperidine rings is 1. The summed E-state index contributed by atoms with van der Waals surface area (Å²) >= 11 is 0. The molecule has 2 atom stereocenters. The molecule has 144 valence electrons. The maximum absolute atomic E-state index is 13.8. The number of hydrogen-bond acceptors (Lipinski definition) is 6. The van der Waals surface area contributed by atoms with E-state index in [9.17, 15) is 14.0 Å². The number of nitrogens with one attached hydrogen (secondary N) is 1. The summed E-state index contributed by atoms with van der Waals surface area (Å²) in [5.41, 5.74) is 0.347. The van der Waals surface area contributed by atoms with Crippen molar-refractivity contribution >= 4 is 17.4 Å². The molecule has 2 fully saturated rings. The van der Waals surface area contributed by atoms with Crippen molar-refractivity contribution in [3.8, 4) is 0 Å². The van der Waals surface area contributed by atoms with Crippen molar-refractivity contribution in [3.05, 3.63) is 58.0 Å². The lowest BCUT2D eigenvalue weighted by molar-refractivity contribution is 0.0517. The number of carbonyl (C=O) groups excluding carboxylic acids is 1. The number of fused-ring (bicyclic) bond motifs is 2. The highest BCUT2D eigenvalue weighted by molar-refractivity contribution is 5.88. The molecule has 0 spiro atoms. The monoisotopic (exact) mass is 383 g/mol. The first-order chi connectivity index (χ1) is 13.5. The van der Waals surface area contributed by atoms with Gasteiger partial charge >= 0.3 is 5.97 Å². The maximum atomic E-state index is 13.8. The van der Waals surface area contributed by atoms with Crippen LogP contribution in [0.2, 0.25) is 0 Å². The predicted molar refractivity (Wildman–Crippen MR) is 97.7 cm³/mol. The number of halogens is 1. The van der Waals surface area contributed by atoms with Gasteiger partial charge in [-0.2, -0.15) is 0 Å². The first-order valence-electron chi connectivity index (χ1n) is 9.23. The van der Waals surface area contributed by atoms with Crippen LogP contribution in [-0.4, -0.2) is 38.7 Å². The Morgan fingerprint density at radius 1 is 1.46 bits per heavy atom. The Kier molecular flexibility index (Phi) is 3.55. The first-order valence-corrected chi connectivity index (χ1v) is 9.23. The number of nitrogens with zero attached hydrogens (tertiary/aromatic N) is 4. The summed E-state index contributed by atoms with van der Waals surface area (Å²) in [7, 11) is 0. The van der Waals surface area contributed by atoms with Crippen molar-refractivity contribution in [3.63, 3.8) is 0 Å². The molecule has 1 saturated carbocycles. The molecule has 2 unspecified atom stereocenters. The molecule has 1 aliphatic heterocycles. The van der Waals surface area contributed by atoms with Gasteiger partial charge in [-0.15, -0.1) is 5.10 Å². The SMILES string of the molecule is CCOC(=O)c1cnc2ccc(N3CCC4CC43c3cc(F)c[nH]c3=O)nn12. The minimum absolute atomic E-state index is 0.239. The number of imidazole rings is 1. The van der Waals surface area contributed by atoms with Crippen LogP contribution in [-0.2, 0) is 10.3 Å². The van der Waals surface area contributed by atoms with E-state index in [1.165, 1.54) is 16.8 Å². The third-order valence-corrected chi connectivity index (χ3v) is 5.70. The summed E-state index contributed by atoms with van der Waals surface area (Å²) in [6.45, 7) is 2.69. The van der Waals surface area contributed by atoms with E-state index < -0.39 is 17.3 Å². The third kappa shape index (κ3) is 2.28. The molecule has 5 rings (SSSR count). The highest BCUT2D eigenvalue weighted by Crippen LogP contribution is 2.62. The van der Waals surface area contributed by atoms with Gasteiger partial charge in [0, 0.05) is 18.3 Å². The number of hydrogen-bond donors (Lipinski definition) is 1. The number of carbonyl (C=O) groups is 1. The number of anilines is 1. The van der Waals surface area contributed by atoms with Crippen LogP contribution in [0.1, 0.15) is 35.8 Å². The van der Waals surface area contributed by atoms with Crippen LogP contribution in [0.3, 0.4) is 0 Å². The van der Waals surface area contributed by atoms with Gasteiger partial charge in [0.25, 0.3) is 5.56 Å². The number of esters is 1. The summed E-state index contributed by atoms with van der Waals surface area (Å²) in [5, 5.41) is 4.59. The molecule has 1 aliphatic carbocycles. The molecule has 9 heteroatoms. The number of ether oxygens (including phenoxy) is 1. The number of pyridine rings is 1. The fourth-order valence-corrected chi connectivity index (χ4v) is 4.40. The Balaban J connectivity index is 1.60. The summed E-state index contributed by atoms with van der Waals surface area (Å²) in [4.78, 5) is 33.3. The Bertz CT molecular complexity index is 1160. The topological polar surface area (TPSA) is 92.6 Å². The summed E-state index contributed by atoms with van der Waals surface area (Å²) in [6, 6.07) is 4.90. The molecule has 4 heterocycles. The van der Waals surface area contributed by atoms with Gasteiger partial charge in [0.1, 0.15) is 11.6 Å². The summed E-state index contributed by atoms with van der Waals surface area (Å²) < 4.78 is 20.3. The number of H-pyrrole nitrogens is 1. The minimum atomic E-state index is -0.555. The molecule has 1 N–H and O–H groups in total. The van der Waals surface area contributed by atoms with Crippen LogP contribution >= 0.6 is 0 Å². The van der Waals surface area contributed by atoms with Crippen LogP contribution in [0, 0.1) is 11.7 Å². The van der Waals surface area contributed by atoms with E-state index >= 15 is 0 Å².